The zero-order chi connectivity index (χ0) is 12.1. The molecule has 0 aliphatic heterocycles. The number of hydrogen-bond acceptors (Lipinski definition) is 6. The molecule has 6 heteroatoms. The van der Waals surface area contributed by atoms with Crippen LogP contribution >= 0.6 is 0 Å². The van der Waals surface area contributed by atoms with Crippen molar-refractivity contribution in [1.82, 2.24) is 15.5 Å². The first-order chi connectivity index (χ1) is 8.29. The summed E-state index contributed by atoms with van der Waals surface area (Å²) in [5, 5.41) is 13.9. The Morgan fingerprint density at radius 2 is 2.29 bits per heavy atom. The minimum Gasteiger partial charge on any atom is -0.406 e. The molecule has 0 amide bonds. The second-order valence-electron chi connectivity index (χ2n) is 4.40. The van der Waals surface area contributed by atoms with E-state index in [1.54, 1.807) is 0 Å². The van der Waals surface area contributed by atoms with Gasteiger partial charge >= 0.3 is 6.01 Å². The van der Waals surface area contributed by atoms with Gasteiger partial charge in [0.25, 0.3) is 0 Å². The lowest BCUT2D eigenvalue weighted by Crippen LogP contribution is -2.12. The SMILES string of the molecule is CNC(C)c1nnc(NCCOCC2CC2)o1. The van der Waals surface area contributed by atoms with Crippen LogP contribution in [0.2, 0.25) is 0 Å². The van der Waals surface area contributed by atoms with Gasteiger partial charge < -0.3 is 19.8 Å². The lowest BCUT2D eigenvalue weighted by molar-refractivity contribution is 0.133. The van der Waals surface area contributed by atoms with Crippen molar-refractivity contribution >= 4 is 6.01 Å². The van der Waals surface area contributed by atoms with Crippen molar-refractivity contribution in [3.05, 3.63) is 5.89 Å². The van der Waals surface area contributed by atoms with E-state index in [1.165, 1.54) is 12.8 Å². The highest BCUT2D eigenvalue weighted by Gasteiger charge is 2.20. The van der Waals surface area contributed by atoms with E-state index < -0.39 is 0 Å². The highest BCUT2D eigenvalue weighted by molar-refractivity contribution is 5.16. The van der Waals surface area contributed by atoms with E-state index in [1.807, 2.05) is 14.0 Å². The molecule has 96 valence electrons. The third-order valence-electron chi connectivity index (χ3n) is 2.82. The molecule has 1 fully saturated rings. The second kappa shape index (κ2) is 5.97. The van der Waals surface area contributed by atoms with Gasteiger partial charge in [0, 0.05) is 13.2 Å². The Hall–Kier alpha value is -1.14. The van der Waals surface area contributed by atoms with E-state index in [-0.39, 0.29) is 6.04 Å². The van der Waals surface area contributed by atoms with Crippen LogP contribution in [-0.2, 0) is 4.74 Å². The lowest BCUT2D eigenvalue weighted by Gasteiger charge is -2.04. The molecule has 6 nitrogen and oxygen atoms in total. The molecule has 17 heavy (non-hydrogen) atoms. The summed E-state index contributed by atoms with van der Waals surface area (Å²) in [7, 11) is 1.85. The maximum Gasteiger partial charge on any atom is 0.315 e. The van der Waals surface area contributed by atoms with Crippen LogP contribution in [0.3, 0.4) is 0 Å². The number of aromatic nitrogens is 2. The fraction of sp³-hybridized carbons (Fsp3) is 0.818. The number of nitrogens with zero attached hydrogens (tertiary/aromatic N) is 2. The summed E-state index contributed by atoms with van der Waals surface area (Å²) in [6.45, 7) is 4.22. The van der Waals surface area contributed by atoms with E-state index in [0.29, 0.717) is 25.1 Å². The van der Waals surface area contributed by atoms with Crippen molar-refractivity contribution in [3.63, 3.8) is 0 Å². The molecule has 0 aromatic carbocycles. The summed E-state index contributed by atoms with van der Waals surface area (Å²) >= 11 is 0. The fourth-order valence-corrected chi connectivity index (χ4v) is 1.37. The second-order valence-corrected chi connectivity index (χ2v) is 4.40. The Kier molecular flexibility index (Phi) is 4.33. The van der Waals surface area contributed by atoms with E-state index >= 15 is 0 Å². The van der Waals surface area contributed by atoms with Crippen molar-refractivity contribution < 1.29 is 9.15 Å². The van der Waals surface area contributed by atoms with Gasteiger partial charge in [-0.25, -0.2) is 0 Å². The third-order valence-corrected chi connectivity index (χ3v) is 2.82. The van der Waals surface area contributed by atoms with Crippen LogP contribution in [0.1, 0.15) is 31.7 Å². The summed E-state index contributed by atoms with van der Waals surface area (Å²) < 4.78 is 10.9. The van der Waals surface area contributed by atoms with Crippen LogP contribution in [0.15, 0.2) is 4.42 Å². The van der Waals surface area contributed by atoms with Gasteiger partial charge in [0.1, 0.15) is 0 Å². The average molecular weight is 240 g/mol. The minimum absolute atomic E-state index is 0.0733. The maximum atomic E-state index is 5.49. The zero-order valence-electron chi connectivity index (χ0n) is 10.4. The minimum atomic E-state index is 0.0733. The summed E-state index contributed by atoms with van der Waals surface area (Å²) in [6.07, 6.45) is 2.64. The van der Waals surface area contributed by atoms with Crippen molar-refractivity contribution in [2.24, 2.45) is 5.92 Å². The smallest absolute Gasteiger partial charge is 0.315 e. The monoisotopic (exact) mass is 240 g/mol. The molecule has 0 saturated heterocycles. The van der Waals surface area contributed by atoms with Crippen molar-refractivity contribution in [1.29, 1.82) is 0 Å². The third kappa shape index (κ3) is 3.98. The molecule has 0 spiro atoms. The molecule has 1 atom stereocenters. The first kappa shape index (κ1) is 12.3. The normalized spacial score (nSPS) is 17.1. The fourth-order valence-electron chi connectivity index (χ4n) is 1.37. The van der Waals surface area contributed by atoms with Gasteiger partial charge in [-0.05, 0) is 32.7 Å². The molecule has 1 aromatic rings. The van der Waals surface area contributed by atoms with Crippen molar-refractivity contribution in [3.8, 4) is 0 Å². The Morgan fingerprint density at radius 3 is 3.00 bits per heavy atom. The molecule has 2 rings (SSSR count). The van der Waals surface area contributed by atoms with Crippen molar-refractivity contribution in [2.75, 3.05) is 32.1 Å². The molecular weight excluding hydrogens is 220 g/mol. The molecule has 0 bridgehead atoms. The number of rotatable bonds is 8. The van der Waals surface area contributed by atoms with Gasteiger partial charge in [-0.15, -0.1) is 5.10 Å². The first-order valence-corrected chi connectivity index (χ1v) is 6.12. The summed E-state index contributed by atoms with van der Waals surface area (Å²) in [6, 6.07) is 0.529. The molecule has 1 unspecified atom stereocenters. The molecule has 0 radical (unpaired) electrons. The number of anilines is 1. The Labute approximate surface area is 101 Å². The largest absolute Gasteiger partial charge is 0.406 e. The van der Waals surface area contributed by atoms with Gasteiger partial charge in [0.05, 0.1) is 12.6 Å². The number of nitrogens with one attached hydrogen (secondary N) is 2. The molecule has 1 saturated carbocycles. The predicted molar refractivity (Wildman–Crippen MR) is 63.8 cm³/mol. The topological polar surface area (TPSA) is 72.2 Å². The Morgan fingerprint density at radius 1 is 1.47 bits per heavy atom. The number of ether oxygens (including phenoxy) is 1. The maximum absolute atomic E-state index is 5.49. The number of hydrogen-bond donors (Lipinski definition) is 2. The predicted octanol–water partition coefficient (Wildman–Crippen LogP) is 1.19. The highest BCUT2D eigenvalue weighted by Crippen LogP contribution is 2.28. The van der Waals surface area contributed by atoms with Crippen LogP contribution in [0, 0.1) is 5.92 Å². The first-order valence-electron chi connectivity index (χ1n) is 6.12. The van der Waals surface area contributed by atoms with Crippen molar-refractivity contribution in [2.45, 2.75) is 25.8 Å². The summed E-state index contributed by atoms with van der Waals surface area (Å²) in [5.74, 6) is 1.40. The quantitative estimate of drug-likeness (QED) is 0.665. The lowest BCUT2D eigenvalue weighted by atomic mass is 10.3. The molecule has 1 aromatic heterocycles. The zero-order valence-corrected chi connectivity index (χ0v) is 10.4. The van der Waals surface area contributed by atoms with Crippen LogP contribution in [-0.4, -0.2) is 37.0 Å². The van der Waals surface area contributed by atoms with Gasteiger partial charge in [0.15, 0.2) is 0 Å². The van der Waals surface area contributed by atoms with Crippen LogP contribution in [0.25, 0.3) is 0 Å². The van der Waals surface area contributed by atoms with Crippen LogP contribution in [0.5, 0.6) is 0 Å². The molecular formula is C11H20N4O2. The molecule has 1 aliphatic rings. The van der Waals surface area contributed by atoms with Gasteiger partial charge in [-0.3, -0.25) is 0 Å². The van der Waals surface area contributed by atoms with Crippen LogP contribution in [0.4, 0.5) is 6.01 Å². The Balaban J connectivity index is 1.62. The van der Waals surface area contributed by atoms with E-state index in [4.69, 9.17) is 9.15 Å². The van der Waals surface area contributed by atoms with Gasteiger partial charge in [-0.2, -0.15) is 0 Å². The summed E-state index contributed by atoms with van der Waals surface area (Å²) in [4.78, 5) is 0. The van der Waals surface area contributed by atoms with Gasteiger partial charge in [0.2, 0.25) is 5.89 Å². The van der Waals surface area contributed by atoms with Crippen LogP contribution < -0.4 is 10.6 Å². The molecule has 2 N–H and O–H groups in total. The van der Waals surface area contributed by atoms with Gasteiger partial charge in [-0.1, -0.05) is 5.10 Å². The summed E-state index contributed by atoms with van der Waals surface area (Å²) in [5.41, 5.74) is 0. The van der Waals surface area contributed by atoms with E-state index in [2.05, 4.69) is 20.8 Å². The van der Waals surface area contributed by atoms with E-state index in [0.717, 1.165) is 12.5 Å². The Bertz CT molecular complexity index is 338. The average Bonchev–Trinajstić information content (AvgIpc) is 3.05. The molecule has 1 heterocycles. The van der Waals surface area contributed by atoms with E-state index in [9.17, 15) is 0 Å². The molecule has 1 aliphatic carbocycles. The standard InChI is InChI=1S/C11H20N4O2/c1-8(12-2)10-14-15-11(17-10)13-5-6-16-7-9-3-4-9/h8-9,12H,3-7H2,1-2H3,(H,13,15). The highest BCUT2D eigenvalue weighted by atomic mass is 16.5.